The SMILES string of the molecule is Cc1cccc2c(=O)n(CC(C)O)c(Cl)nc12. The molecule has 1 unspecified atom stereocenters. The summed E-state index contributed by atoms with van der Waals surface area (Å²) >= 11 is 5.97. The van der Waals surface area contributed by atoms with Gasteiger partial charge < -0.3 is 5.11 Å². The van der Waals surface area contributed by atoms with Crippen molar-refractivity contribution in [2.75, 3.05) is 0 Å². The molecule has 0 amide bonds. The highest BCUT2D eigenvalue weighted by molar-refractivity contribution is 6.28. The number of fused-ring (bicyclic) bond motifs is 1. The van der Waals surface area contributed by atoms with Crippen LogP contribution < -0.4 is 5.56 Å². The predicted octanol–water partition coefficient (Wildman–Crippen LogP) is 1.74. The van der Waals surface area contributed by atoms with Gasteiger partial charge in [-0.2, -0.15) is 0 Å². The van der Waals surface area contributed by atoms with Gasteiger partial charge in [0.25, 0.3) is 5.56 Å². The largest absolute Gasteiger partial charge is 0.392 e. The van der Waals surface area contributed by atoms with Crippen molar-refractivity contribution in [1.82, 2.24) is 9.55 Å². The van der Waals surface area contributed by atoms with Crippen LogP contribution in [0.2, 0.25) is 5.28 Å². The van der Waals surface area contributed by atoms with E-state index in [0.717, 1.165) is 5.56 Å². The molecule has 0 aliphatic rings. The van der Waals surface area contributed by atoms with E-state index in [0.29, 0.717) is 10.9 Å². The molecule has 5 heteroatoms. The topological polar surface area (TPSA) is 55.1 Å². The summed E-state index contributed by atoms with van der Waals surface area (Å²) in [6.45, 7) is 3.63. The van der Waals surface area contributed by atoms with Gasteiger partial charge in [0.15, 0.2) is 0 Å². The van der Waals surface area contributed by atoms with Gasteiger partial charge in [-0.05, 0) is 37.1 Å². The molecule has 0 spiro atoms. The average Bonchev–Trinajstić information content (AvgIpc) is 2.26. The quantitative estimate of drug-likeness (QED) is 0.829. The van der Waals surface area contributed by atoms with Gasteiger partial charge in [-0.3, -0.25) is 9.36 Å². The fraction of sp³-hybridized carbons (Fsp3) is 0.333. The summed E-state index contributed by atoms with van der Waals surface area (Å²) in [4.78, 5) is 16.4. The number of benzene rings is 1. The fourth-order valence-electron chi connectivity index (χ4n) is 1.78. The van der Waals surface area contributed by atoms with Crippen molar-refractivity contribution >= 4 is 22.5 Å². The van der Waals surface area contributed by atoms with E-state index in [-0.39, 0.29) is 17.4 Å². The van der Waals surface area contributed by atoms with Crippen LogP contribution in [-0.2, 0) is 6.54 Å². The van der Waals surface area contributed by atoms with Crippen LogP contribution in [0.25, 0.3) is 10.9 Å². The molecule has 17 heavy (non-hydrogen) atoms. The molecule has 4 nitrogen and oxygen atoms in total. The van der Waals surface area contributed by atoms with Crippen LogP contribution in [0.3, 0.4) is 0 Å². The van der Waals surface area contributed by atoms with E-state index in [4.69, 9.17) is 11.6 Å². The van der Waals surface area contributed by atoms with Crippen LogP contribution in [-0.4, -0.2) is 20.8 Å². The molecule has 1 atom stereocenters. The zero-order valence-corrected chi connectivity index (χ0v) is 10.4. The standard InChI is InChI=1S/C12H13ClN2O2/c1-7-4-3-5-9-10(7)14-12(13)15(11(9)17)6-8(2)16/h3-5,8,16H,6H2,1-2H3. The number of nitrogens with zero attached hydrogens (tertiary/aromatic N) is 2. The first-order valence-electron chi connectivity index (χ1n) is 5.34. The lowest BCUT2D eigenvalue weighted by atomic mass is 10.1. The maximum Gasteiger partial charge on any atom is 0.262 e. The first kappa shape index (κ1) is 12.1. The van der Waals surface area contributed by atoms with Crippen molar-refractivity contribution in [1.29, 1.82) is 0 Å². The highest BCUT2D eigenvalue weighted by Gasteiger charge is 2.11. The molecule has 2 aromatic rings. The molecule has 0 saturated carbocycles. The fourth-order valence-corrected chi connectivity index (χ4v) is 2.01. The Morgan fingerprint density at radius 3 is 2.88 bits per heavy atom. The Morgan fingerprint density at radius 2 is 2.24 bits per heavy atom. The molecule has 0 radical (unpaired) electrons. The molecule has 1 N–H and O–H groups in total. The Morgan fingerprint density at radius 1 is 1.53 bits per heavy atom. The predicted molar refractivity (Wildman–Crippen MR) is 67.4 cm³/mol. The van der Waals surface area contributed by atoms with Gasteiger partial charge in [0.2, 0.25) is 5.28 Å². The number of hydrogen-bond donors (Lipinski definition) is 1. The summed E-state index contributed by atoms with van der Waals surface area (Å²) in [6, 6.07) is 5.40. The number of para-hydroxylation sites is 1. The second kappa shape index (κ2) is 4.47. The number of aliphatic hydroxyl groups is 1. The van der Waals surface area contributed by atoms with Gasteiger partial charge in [-0.25, -0.2) is 4.98 Å². The van der Waals surface area contributed by atoms with Gasteiger partial charge in [0.05, 0.1) is 23.6 Å². The van der Waals surface area contributed by atoms with E-state index in [1.54, 1.807) is 19.1 Å². The van der Waals surface area contributed by atoms with Crippen molar-refractivity contribution in [2.24, 2.45) is 0 Å². The van der Waals surface area contributed by atoms with Crippen LogP contribution in [0.5, 0.6) is 0 Å². The molecule has 1 aromatic heterocycles. The minimum Gasteiger partial charge on any atom is -0.392 e. The molecular formula is C12H13ClN2O2. The van der Waals surface area contributed by atoms with Gasteiger partial charge in [0, 0.05) is 0 Å². The monoisotopic (exact) mass is 252 g/mol. The van der Waals surface area contributed by atoms with Crippen LogP contribution in [0, 0.1) is 6.92 Å². The van der Waals surface area contributed by atoms with E-state index in [2.05, 4.69) is 4.98 Å². The lowest BCUT2D eigenvalue weighted by Crippen LogP contribution is -2.27. The van der Waals surface area contributed by atoms with Gasteiger partial charge in [-0.1, -0.05) is 12.1 Å². The maximum absolute atomic E-state index is 12.2. The second-order valence-corrected chi connectivity index (χ2v) is 4.45. The number of aryl methyl sites for hydroxylation is 1. The van der Waals surface area contributed by atoms with Gasteiger partial charge >= 0.3 is 0 Å². The van der Waals surface area contributed by atoms with Crippen LogP contribution in [0.4, 0.5) is 0 Å². The van der Waals surface area contributed by atoms with Gasteiger partial charge in [0.1, 0.15) is 0 Å². The zero-order chi connectivity index (χ0) is 12.6. The van der Waals surface area contributed by atoms with E-state index in [1.165, 1.54) is 4.57 Å². The summed E-state index contributed by atoms with van der Waals surface area (Å²) in [7, 11) is 0. The summed E-state index contributed by atoms with van der Waals surface area (Å²) in [6.07, 6.45) is -0.644. The third-order valence-corrected chi connectivity index (χ3v) is 2.88. The second-order valence-electron chi connectivity index (χ2n) is 4.12. The normalized spacial score (nSPS) is 12.9. The Kier molecular flexibility index (Phi) is 3.17. The summed E-state index contributed by atoms with van der Waals surface area (Å²) in [5, 5.41) is 9.97. The lowest BCUT2D eigenvalue weighted by Gasteiger charge is -2.11. The molecule has 0 bridgehead atoms. The first-order chi connectivity index (χ1) is 8.00. The molecule has 0 fully saturated rings. The Balaban J connectivity index is 2.77. The molecule has 0 aliphatic heterocycles. The smallest absolute Gasteiger partial charge is 0.262 e. The Bertz CT molecular complexity index is 620. The van der Waals surface area contributed by atoms with Crippen LogP contribution >= 0.6 is 11.6 Å². The van der Waals surface area contributed by atoms with Crippen molar-refractivity contribution in [2.45, 2.75) is 26.5 Å². The maximum atomic E-state index is 12.2. The van der Waals surface area contributed by atoms with Crippen molar-refractivity contribution in [3.8, 4) is 0 Å². The highest BCUT2D eigenvalue weighted by atomic mass is 35.5. The molecule has 90 valence electrons. The molecular weight excluding hydrogens is 240 g/mol. The van der Waals surface area contributed by atoms with Gasteiger partial charge in [-0.15, -0.1) is 0 Å². The number of aromatic nitrogens is 2. The summed E-state index contributed by atoms with van der Waals surface area (Å²) in [5.74, 6) is 0. The van der Waals surface area contributed by atoms with E-state index < -0.39 is 6.10 Å². The Labute approximate surface area is 103 Å². The first-order valence-corrected chi connectivity index (χ1v) is 5.72. The van der Waals surface area contributed by atoms with Crippen molar-refractivity contribution in [3.63, 3.8) is 0 Å². The average molecular weight is 253 g/mol. The molecule has 2 rings (SSSR count). The third-order valence-electron chi connectivity index (χ3n) is 2.59. The van der Waals surface area contributed by atoms with Crippen molar-refractivity contribution in [3.05, 3.63) is 39.4 Å². The number of rotatable bonds is 2. The molecule has 1 aromatic carbocycles. The minimum atomic E-state index is -0.644. The molecule has 0 saturated heterocycles. The van der Waals surface area contributed by atoms with E-state index in [1.807, 2.05) is 13.0 Å². The minimum absolute atomic E-state index is 0.109. The Hall–Kier alpha value is -1.39. The third kappa shape index (κ3) is 2.18. The van der Waals surface area contributed by atoms with E-state index in [9.17, 15) is 9.90 Å². The summed E-state index contributed by atoms with van der Waals surface area (Å²) < 4.78 is 1.29. The van der Waals surface area contributed by atoms with Crippen molar-refractivity contribution < 1.29 is 5.11 Å². The van der Waals surface area contributed by atoms with E-state index >= 15 is 0 Å². The van der Waals surface area contributed by atoms with Crippen LogP contribution in [0.15, 0.2) is 23.0 Å². The van der Waals surface area contributed by atoms with Crippen LogP contribution in [0.1, 0.15) is 12.5 Å². The zero-order valence-electron chi connectivity index (χ0n) is 9.64. The lowest BCUT2D eigenvalue weighted by molar-refractivity contribution is 0.172. The number of hydrogen-bond acceptors (Lipinski definition) is 3. The number of aliphatic hydroxyl groups excluding tert-OH is 1. The molecule has 0 aliphatic carbocycles. The summed E-state index contributed by atoms with van der Waals surface area (Å²) in [5.41, 5.74) is 1.31. The number of halogens is 1. The highest BCUT2D eigenvalue weighted by Crippen LogP contribution is 2.15. The molecule has 1 heterocycles.